The number of hydrogen-bond acceptors (Lipinski definition) is 8. The number of ether oxygens (including phenoxy) is 1. The largest absolute Gasteiger partial charge is 0.369 e. The number of amides is 1. The number of fused-ring (bicyclic) bond motifs is 2. The molecule has 5 rings (SSSR count). The Labute approximate surface area is 237 Å². The molecule has 2 aliphatic rings. The fraction of sp³-hybridized carbons (Fsp3) is 0.533. The first-order chi connectivity index (χ1) is 19.5. The van der Waals surface area contributed by atoms with Crippen LogP contribution in [0.1, 0.15) is 49.5 Å². The van der Waals surface area contributed by atoms with Gasteiger partial charge in [-0.05, 0) is 51.1 Å². The molecule has 1 saturated heterocycles. The number of piperazine rings is 1. The van der Waals surface area contributed by atoms with E-state index < -0.39 is 0 Å². The Morgan fingerprint density at radius 1 is 1.12 bits per heavy atom. The number of H-pyrrole nitrogens is 1. The summed E-state index contributed by atoms with van der Waals surface area (Å²) in [6, 6.07) is 4.25. The normalized spacial score (nSPS) is 16.5. The summed E-state index contributed by atoms with van der Waals surface area (Å²) in [4.78, 5) is 31.6. The lowest BCUT2D eigenvalue weighted by molar-refractivity contribution is -0.126. The van der Waals surface area contributed by atoms with Gasteiger partial charge in [0, 0.05) is 56.8 Å². The van der Waals surface area contributed by atoms with Crippen LogP contribution in [-0.2, 0) is 22.5 Å². The lowest BCUT2D eigenvalue weighted by atomic mass is 10.0. The van der Waals surface area contributed by atoms with Gasteiger partial charge in [0.1, 0.15) is 11.9 Å². The van der Waals surface area contributed by atoms with Crippen LogP contribution in [0.15, 0.2) is 31.0 Å². The predicted molar refractivity (Wildman–Crippen MR) is 159 cm³/mol. The van der Waals surface area contributed by atoms with Crippen LogP contribution < -0.4 is 9.80 Å². The molecular formula is C30H42N8O2. The number of likely N-dealkylation sites (N-methyl/N-ethyl adjacent to an activating group) is 1. The fourth-order valence-electron chi connectivity index (χ4n) is 5.95. The second-order valence-electron chi connectivity index (χ2n) is 10.5. The number of aromatic amines is 1. The molecule has 40 heavy (non-hydrogen) atoms. The molecule has 2 aliphatic heterocycles. The number of anilines is 2. The molecule has 1 aromatic carbocycles. The van der Waals surface area contributed by atoms with E-state index in [0.717, 1.165) is 73.9 Å². The van der Waals surface area contributed by atoms with Crippen LogP contribution in [0.25, 0.3) is 10.9 Å². The van der Waals surface area contributed by atoms with Crippen molar-refractivity contribution >= 4 is 28.3 Å². The highest BCUT2D eigenvalue weighted by Gasteiger charge is 2.31. The van der Waals surface area contributed by atoms with Crippen molar-refractivity contribution in [3.05, 3.63) is 53.6 Å². The maximum Gasteiger partial charge on any atom is 0.246 e. The minimum atomic E-state index is -0.216. The van der Waals surface area contributed by atoms with E-state index in [2.05, 4.69) is 64.4 Å². The molecule has 1 fully saturated rings. The Hall–Kier alpha value is -3.50. The SMILES string of the molecule is C=CC(=O)N1CCN(c2nc(C(CN(CC)CC)OCC)nc3c2CCN(c2c(C)ccc4[nH]ncc24)C3)CC1. The summed E-state index contributed by atoms with van der Waals surface area (Å²) in [6.45, 7) is 19.8. The van der Waals surface area contributed by atoms with Crippen LogP contribution in [0.3, 0.4) is 0 Å². The average Bonchev–Trinajstić information content (AvgIpc) is 3.47. The second-order valence-corrected chi connectivity index (χ2v) is 10.5. The van der Waals surface area contributed by atoms with Gasteiger partial charge in [0.25, 0.3) is 0 Å². The third-order valence-corrected chi connectivity index (χ3v) is 8.21. The summed E-state index contributed by atoms with van der Waals surface area (Å²) >= 11 is 0. The summed E-state index contributed by atoms with van der Waals surface area (Å²) in [7, 11) is 0. The van der Waals surface area contributed by atoms with Crippen LogP contribution in [0.2, 0.25) is 0 Å². The Morgan fingerprint density at radius 2 is 1.90 bits per heavy atom. The van der Waals surface area contributed by atoms with Gasteiger partial charge in [0.05, 0.1) is 29.6 Å². The van der Waals surface area contributed by atoms with Crippen molar-refractivity contribution in [3.8, 4) is 0 Å². The minimum absolute atomic E-state index is 0.0138. The molecule has 4 heterocycles. The van der Waals surface area contributed by atoms with Crippen molar-refractivity contribution in [3.63, 3.8) is 0 Å². The molecule has 214 valence electrons. The monoisotopic (exact) mass is 546 g/mol. The quantitative estimate of drug-likeness (QED) is 0.387. The van der Waals surface area contributed by atoms with Gasteiger partial charge < -0.3 is 24.3 Å². The maximum atomic E-state index is 12.2. The highest BCUT2D eigenvalue weighted by molar-refractivity contribution is 5.93. The zero-order chi connectivity index (χ0) is 28.2. The Morgan fingerprint density at radius 3 is 2.60 bits per heavy atom. The van der Waals surface area contributed by atoms with Gasteiger partial charge in [0.2, 0.25) is 5.91 Å². The van der Waals surface area contributed by atoms with E-state index in [1.807, 2.05) is 18.0 Å². The number of hydrogen-bond donors (Lipinski definition) is 1. The number of nitrogens with one attached hydrogen (secondary N) is 1. The molecule has 0 bridgehead atoms. The molecule has 1 N–H and O–H groups in total. The Balaban J connectivity index is 1.53. The fourth-order valence-corrected chi connectivity index (χ4v) is 5.95. The number of aromatic nitrogens is 4. The lowest BCUT2D eigenvalue weighted by Crippen LogP contribution is -2.49. The average molecular weight is 547 g/mol. The van der Waals surface area contributed by atoms with Crippen molar-refractivity contribution < 1.29 is 9.53 Å². The molecule has 3 aromatic rings. The molecule has 10 heteroatoms. The van der Waals surface area contributed by atoms with Gasteiger partial charge in [-0.3, -0.25) is 9.89 Å². The lowest BCUT2D eigenvalue weighted by Gasteiger charge is -2.38. The minimum Gasteiger partial charge on any atom is -0.369 e. The molecule has 0 spiro atoms. The summed E-state index contributed by atoms with van der Waals surface area (Å²) in [5.74, 6) is 1.72. The summed E-state index contributed by atoms with van der Waals surface area (Å²) in [5.41, 5.74) is 5.74. The first kappa shape index (κ1) is 28.0. The third kappa shape index (κ3) is 5.55. The van der Waals surface area contributed by atoms with E-state index in [-0.39, 0.29) is 12.0 Å². The maximum absolute atomic E-state index is 12.2. The van der Waals surface area contributed by atoms with E-state index in [1.54, 1.807) is 0 Å². The Bertz CT molecular complexity index is 1340. The topological polar surface area (TPSA) is 93.7 Å². The standard InChI is InChI=1S/C30H42N8O2/c1-6-27(39)36-14-16-37(17-15-36)30-22-12-13-38(28-21(5)10-11-24-23(28)18-31-34-24)19-25(22)32-29(33-30)26(40-9-4)20-35(7-2)8-3/h6,10-11,18,26H,1,7-9,12-17,19-20H2,2-5H3,(H,31,34). The van der Waals surface area contributed by atoms with Crippen LogP contribution in [0.5, 0.6) is 0 Å². The molecule has 10 nitrogen and oxygen atoms in total. The number of carbonyl (C=O) groups is 1. The smallest absolute Gasteiger partial charge is 0.246 e. The molecule has 0 aliphatic carbocycles. The van der Waals surface area contributed by atoms with Crippen LogP contribution in [-0.4, -0.2) is 94.8 Å². The van der Waals surface area contributed by atoms with Gasteiger partial charge >= 0.3 is 0 Å². The zero-order valence-corrected chi connectivity index (χ0v) is 24.3. The number of nitrogens with zero attached hydrogens (tertiary/aromatic N) is 7. The van der Waals surface area contributed by atoms with Crippen molar-refractivity contribution in [1.29, 1.82) is 0 Å². The van der Waals surface area contributed by atoms with Crippen molar-refractivity contribution in [2.24, 2.45) is 0 Å². The first-order valence-electron chi connectivity index (χ1n) is 14.5. The second kappa shape index (κ2) is 12.3. The Kier molecular flexibility index (Phi) is 8.66. The van der Waals surface area contributed by atoms with Crippen LogP contribution in [0.4, 0.5) is 11.5 Å². The number of benzene rings is 1. The predicted octanol–water partition coefficient (Wildman–Crippen LogP) is 3.48. The van der Waals surface area contributed by atoms with E-state index in [9.17, 15) is 4.79 Å². The van der Waals surface area contributed by atoms with E-state index >= 15 is 0 Å². The van der Waals surface area contributed by atoms with E-state index in [4.69, 9.17) is 14.7 Å². The highest BCUT2D eigenvalue weighted by Crippen LogP contribution is 2.36. The molecule has 0 radical (unpaired) electrons. The number of aryl methyl sites for hydroxylation is 1. The van der Waals surface area contributed by atoms with Crippen molar-refractivity contribution in [1.82, 2.24) is 30.0 Å². The third-order valence-electron chi connectivity index (χ3n) is 8.21. The van der Waals surface area contributed by atoms with Gasteiger partial charge in [-0.25, -0.2) is 9.97 Å². The van der Waals surface area contributed by atoms with Gasteiger partial charge in [0.15, 0.2) is 5.82 Å². The molecule has 1 amide bonds. The summed E-state index contributed by atoms with van der Waals surface area (Å²) in [6.07, 6.45) is 3.95. The number of carbonyl (C=O) groups excluding carboxylic acids is 1. The van der Waals surface area contributed by atoms with Crippen molar-refractivity contribution in [2.45, 2.75) is 46.8 Å². The van der Waals surface area contributed by atoms with Gasteiger partial charge in [-0.2, -0.15) is 5.10 Å². The summed E-state index contributed by atoms with van der Waals surface area (Å²) in [5, 5.41) is 8.55. The molecule has 2 aromatic heterocycles. The van der Waals surface area contributed by atoms with Crippen LogP contribution >= 0.6 is 0 Å². The van der Waals surface area contributed by atoms with Crippen molar-refractivity contribution in [2.75, 3.05) is 68.8 Å². The van der Waals surface area contributed by atoms with Crippen LogP contribution in [0, 0.1) is 6.92 Å². The summed E-state index contributed by atoms with van der Waals surface area (Å²) < 4.78 is 6.26. The van der Waals surface area contributed by atoms with Gasteiger partial charge in [-0.15, -0.1) is 0 Å². The van der Waals surface area contributed by atoms with E-state index in [0.29, 0.717) is 26.2 Å². The van der Waals surface area contributed by atoms with E-state index in [1.165, 1.54) is 22.9 Å². The molecule has 1 atom stereocenters. The molecular weight excluding hydrogens is 504 g/mol. The first-order valence-corrected chi connectivity index (χ1v) is 14.5. The number of rotatable bonds is 10. The zero-order valence-electron chi connectivity index (χ0n) is 24.3. The molecule has 0 saturated carbocycles. The van der Waals surface area contributed by atoms with Gasteiger partial charge in [-0.1, -0.05) is 26.5 Å². The highest BCUT2D eigenvalue weighted by atomic mass is 16.5. The molecule has 1 unspecified atom stereocenters.